The molecule has 0 N–H and O–H groups in total. The minimum Gasteiger partial charge on any atom is -0.381 e. The van der Waals surface area contributed by atoms with Gasteiger partial charge in [-0.05, 0) is 35.9 Å². The van der Waals surface area contributed by atoms with Gasteiger partial charge in [0.25, 0.3) is 0 Å². The van der Waals surface area contributed by atoms with Crippen LogP contribution < -0.4 is 0 Å². The zero-order valence-electron chi connectivity index (χ0n) is 13.1. The standard InChI is InChI=1S/C19H21NO2S/c21-19(9-8-16-5-2-1-3-6-16)20(15-18-7-4-14-23-18)17-10-12-22-13-11-17/h1-9,14,17H,10-13,15H2. The molecule has 0 saturated carbocycles. The Balaban J connectivity index is 1.73. The molecular weight excluding hydrogens is 306 g/mol. The van der Waals surface area contributed by atoms with Crippen LogP contribution in [0.25, 0.3) is 6.08 Å². The molecule has 0 spiro atoms. The summed E-state index contributed by atoms with van der Waals surface area (Å²) < 4.78 is 5.44. The normalized spacial score (nSPS) is 15.8. The van der Waals surface area contributed by atoms with Crippen LogP contribution in [-0.4, -0.2) is 30.1 Å². The SMILES string of the molecule is O=C(C=Cc1ccccc1)N(Cc1cccs1)C1CCOCC1. The smallest absolute Gasteiger partial charge is 0.247 e. The first kappa shape index (κ1) is 16.0. The molecule has 4 heteroatoms. The lowest BCUT2D eigenvalue weighted by molar-refractivity contribution is -0.130. The van der Waals surface area contributed by atoms with E-state index in [2.05, 4.69) is 11.4 Å². The second-order valence-corrected chi connectivity index (χ2v) is 6.67. The van der Waals surface area contributed by atoms with Crippen molar-refractivity contribution in [3.8, 4) is 0 Å². The fourth-order valence-corrected chi connectivity index (χ4v) is 3.48. The summed E-state index contributed by atoms with van der Waals surface area (Å²) in [5.41, 5.74) is 1.05. The summed E-state index contributed by atoms with van der Waals surface area (Å²) in [5, 5.41) is 2.06. The van der Waals surface area contributed by atoms with E-state index >= 15 is 0 Å². The van der Waals surface area contributed by atoms with Gasteiger partial charge in [0.2, 0.25) is 5.91 Å². The minimum atomic E-state index is 0.0779. The largest absolute Gasteiger partial charge is 0.381 e. The third-order valence-corrected chi connectivity index (χ3v) is 4.90. The van der Waals surface area contributed by atoms with E-state index < -0.39 is 0 Å². The van der Waals surface area contributed by atoms with Crippen LogP contribution >= 0.6 is 11.3 Å². The number of rotatable bonds is 5. The molecule has 120 valence electrons. The van der Waals surface area contributed by atoms with E-state index in [0.29, 0.717) is 6.54 Å². The van der Waals surface area contributed by atoms with Crippen molar-refractivity contribution in [2.24, 2.45) is 0 Å². The van der Waals surface area contributed by atoms with Gasteiger partial charge < -0.3 is 9.64 Å². The van der Waals surface area contributed by atoms with Gasteiger partial charge in [-0.2, -0.15) is 0 Å². The predicted octanol–water partition coefficient (Wildman–Crippen LogP) is 3.97. The molecule has 0 aliphatic carbocycles. The fraction of sp³-hybridized carbons (Fsp3) is 0.316. The second-order valence-electron chi connectivity index (χ2n) is 5.63. The molecule has 3 rings (SSSR count). The molecular formula is C19H21NO2S. The number of benzene rings is 1. The van der Waals surface area contributed by atoms with E-state index in [1.165, 1.54) is 4.88 Å². The van der Waals surface area contributed by atoms with Crippen molar-refractivity contribution in [2.75, 3.05) is 13.2 Å². The number of nitrogens with zero attached hydrogens (tertiary/aromatic N) is 1. The van der Waals surface area contributed by atoms with Crippen molar-refractivity contribution in [3.05, 3.63) is 64.4 Å². The van der Waals surface area contributed by atoms with E-state index in [9.17, 15) is 4.79 Å². The van der Waals surface area contributed by atoms with Gasteiger partial charge in [-0.1, -0.05) is 36.4 Å². The summed E-state index contributed by atoms with van der Waals surface area (Å²) >= 11 is 1.70. The Morgan fingerprint density at radius 3 is 2.65 bits per heavy atom. The first-order chi connectivity index (χ1) is 11.3. The highest BCUT2D eigenvalue weighted by atomic mass is 32.1. The van der Waals surface area contributed by atoms with Crippen molar-refractivity contribution in [1.82, 2.24) is 4.90 Å². The summed E-state index contributed by atoms with van der Waals surface area (Å²) in [4.78, 5) is 16.0. The summed E-state index contributed by atoms with van der Waals surface area (Å²) in [6.45, 7) is 2.16. The van der Waals surface area contributed by atoms with Crippen LogP contribution in [-0.2, 0) is 16.1 Å². The molecule has 23 heavy (non-hydrogen) atoms. The molecule has 1 saturated heterocycles. The second kappa shape index (κ2) is 8.09. The van der Waals surface area contributed by atoms with Crippen LogP contribution in [0.15, 0.2) is 53.9 Å². The maximum Gasteiger partial charge on any atom is 0.247 e. The summed E-state index contributed by atoms with van der Waals surface area (Å²) in [5.74, 6) is 0.0779. The van der Waals surface area contributed by atoms with Crippen LogP contribution in [0.4, 0.5) is 0 Å². The maximum absolute atomic E-state index is 12.7. The number of carbonyl (C=O) groups excluding carboxylic acids is 1. The molecule has 0 unspecified atom stereocenters. The van der Waals surface area contributed by atoms with Gasteiger partial charge in [0, 0.05) is 30.2 Å². The summed E-state index contributed by atoms with van der Waals surface area (Å²) in [7, 11) is 0. The Morgan fingerprint density at radius 2 is 1.96 bits per heavy atom. The van der Waals surface area contributed by atoms with E-state index in [4.69, 9.17) is 4.74 Å². The molecule has 2 aromatic rings. The third kappa shape index (κ3) is 4.53. The molecule has 1 fully saturated rings. The number of amides is 1. The van der Waals surface area contributed by atoms with Crippen LogP contribution in [0.5, 0.6) is 0 Å². The first-order valence-electron chi connectivity index (χ1n) is 7.97. The van der Waals surface area contributed by atoms with Crippen LogP contribution in [0, 0.1) is 0 Å². The summed E-state index contributed by atoms with van der Waals surface area (Å²) in [6.07, 6.45) is 5.41. The number of carbonyl (C=O) groups is 1. The lowest BCUT2D eigenvalue weighted by Gasteiger charge is -2.33. The molecule has 0 bridgehead atoms. The highest BCUT2D eigenvalue weighted by molar-refractivity contribution is 7.09. The Hall–Kier alpha value is -1.91. The average molecular weight is 327 g/mol. The van der Waals surface area contributed by atoms with E-state index in [0.717, 1.165) is 31.6 Å². The monoisotopic (exact) mass is 327 g/mol. The van der Waals surface area contributed by atoms with Crippen LogP contribution in [0.1, 0.15) is 23.3 Å². The van der Waals surface area contributed by atoms with Crippen molar-refractivity contribution in [1.29, 1.82) is 0 Å². The van der Waals surface area contributed by atoms with Crippen LogP contribution in [0.2, 0.25) is 0 Å². The number of hydrogen-bond donors (Lipinski definition) is 0. The van der Waals surface area contributed by atoms with Crippen molar-refractivity contribution >= 4 is 23.3 Å². The zero-order valence-corrected chi connectivity index (χ0v) is 13.9. The van der Waals surface area contributed by atoms with Gasteiger partial charge in [0.05, 0.1) is 6.54 Å². The van der Waals surface area contributed by atoms with Crippen LogP contribution in [0.3, 0.4) is 0 Å². The van der Waals surface area contributed by atoms with Gasteiger partial charge in [0.15, 0.2) is 0 Å². The molecule has 1 aromatic heterocycles. The Labute approximate surface area is 141 Å². The predicted molar refractivity (Wildman–Crippen MR) is 94.2 cm³/mol. The van der Waals surface area contributed by atoms with E-state index in [-0.39, 0.29) is 11.9 Å². The van der Waals surface area contributed by atoms with Crippen molar-refractivity contribution in [2.45, 2.75) is 25.4 Å². The molecule has 2 heterocycles. The van der Waals surface area contributed by atoms with Gasteiger partial charge >= 0.3 is 0 Å². The molecule has 1 aromatic carbocycles. The van der Waals surface area contributed by atoms with Crippen molar-refractivity contribution < 1.29 is 9.53 Å². The molecule has 0 atom stereocenters. The highest BCUT2D eigenvalue weighted by Crippen LogP contribution is 2.20. The van der Waals surface area contributed by atoms with Gasteiger partial charge in [0.1, 0.15) is 0 Å². The Kier molecular flexibility index (Phi) is 5.61. The first-order valence-corrected chi connectivity index (χ1v) is 8.85. The van der Waals surface area contributed by atoms with E-state index in [1.807, 2.05) is 47.4 Å². The fourth-order valence-electron chi connectivity index (χ4n) is 2.78. The molecule has 1 aliphatic heterocycles. The molecule has 1 aliphatic rings. The van der Waals surface area contributed by atoms with Gasteiger partial charge in [-0.3, -0.25) is 4.79 Å². The molecule has 1 amide bonds. The zero-order chi connectivity index (χ0) is 15.9. The topological polar surface area (TPSA) is 29.5 Å². The highest BCUT2D eigenvalue weighted by Gasteiger charge is 2.24. The van der Waals surface area contributed by atoms with Crippen molar-refractivity contribution in [3.63, 3.8) is 0 Å². The minimum absolute atomic E-state index is 0.0779. The van der Waals surface area contributed by atoms with E-state index in [1.54, 1.807) is 17.4 Å². The average Bonchev–Trinajstić information content (AvgIpc) is 3.12. The van der Waals surface area contributed by atoms with Gasteiger partial charge in [-0.25, -0.2) is 0 Å². The number of ether oxygens (including phenoxy) is 1. The third-order valence-electron chi connectivity index (χ3n) is 4.04. The lowest BCUT2D eigenvalue weighted by Crippen LogP contribution is -2.42. The lowest BCUT2D eigenvalue weighted by atomic mass is 10.1. The molecule has 3 nitrogen and oxygen atoms in total. The Bertz CT molecular complexity index is 631. The summed E-state index contributed by atoms with van der Waals surface area (Å²) in [6, 6.07) is 14.3. The van der Waals surface area contributed by atoms with Gasteiger partial charge in [-0.15, -0.1) is 11.3 Å². The maximum atomic E-state index is 12.7. The number of thiophene rings is 1. The molecule has 0 radical (unpaired) electrons. The quantitative estimate of drug-likeness (QED) is 0.778. The Morgan fingerprint density at radius 1 is 1.17 bits per heavy atom. The number of hydrogen-bond acceptors (Lipinski definition) is 3.